The number of carbonyl (C=O) groups excluding carboxylic acids is 4. The van der Waals surface area contributed by atoms with Crippen LogP contribution in [0.3, 0.4) is 0 Å². The normalized spacial score (nSPS) is 17.9. The summed E-state index contributed by atoms with van der Waals surface area (Å²) < 4.78 is 27.1. The summed E-state index contributed by atoms with van der Waals surface area (Å²) in [5, 5.41) is 32.4. The minimum absolute atomic E-state index is 0. The number of aromatic nitrogens is 2. The topological polar surface area (TPSA) is 378 Å². The Bertz CT molecular complexity index is 5440. The number of H-pyrrole nitrogens is 2. The van der Waals surface area contributed by atoms with Gasteiger partial charge in [0.05, 0.1) is 59.3 Å². The van der Waals surface area contributed by atoms with Gasteiger partial charge in [-0.25, -0.2) is 9.59 Å². The summed E-state index contributed by atoms with van der Waals surface area (Å²) in [5.74, 6) is -0.979. The molecular weight excluding hydrogens is 1700 g/mol. The number of pyridine rings is 2. The van der Waals surface area contributed by atoms with Gasteiger partial charge in [0.15, 0.2) is 0 Å². The Morgan fingerprint density at radius 1 is 0.450 bits per heavy atom. The molecule has 0 unspecified atom stereocenters. The average Bonchev–Trinajstić information content (AvgIpc) is 1.63. The third-order valence-electron chi connectivity index (χ3n) is 28.4. The second kappa shape index (κ2) is 43.8. The van der Waals surface area contributed by atoms with E-state index in [1.165, 1.54) is 14.2 Å². The van der Waals surface area contributed by atoms with Crippen LogP contribution in [-0.4, -0.2) is 228 Å². The molecule has 9 aliphatic rings. The second-order valence-corrected chi connectivity index (χ2v) is 35.8. The fraction of sp³-hybridized carbons (Fsp3) is 0.480. The monoisotopic (exact) mass is 1830 g/mol. The van der Waals surface area contributed by atoms with E-state index >= 15 is 0 Å². The number of carbonyl (C=O) groups is 6. The van der Waals surface area contributed by atoms with Crippen LogP contribution in [-0.2, 0) is 57.9 Å². The predicted molar refractivity (Wildman–Crippen MR) is 510 cm³/mol. The molecule has 131 heavy (non-hydrogen) atoms. The van der Waals surface area contributed by atoms with Crippen molar-refractivity contribution in [2.45, 2.75) is 180 Å². The summed E-state index contributed by atoms with van der Waals surface area (Å²) >= 11 is 0. The van der Waals surface area contributed by atoms with Gasteiger partial charge in [-0.15, -0.1) is 12.4 Å². The van der Waals surface area contributed by atoms with Gasteiger partial charge in [0.1, 0.15) is 11.5 Å². The van der Waals surface area contributed by atoms with E-state index in [1.807, 2.05) is 69.3 Å². The van der Waals surface area contributed by atoms with Crippen LogP contribution in [0.4, 0.5) is 34.1 Å². The van der Waals surface area contributed by atoms with Crippen molar-refractivity contribution < 1.29 is 97.7 Å². The van der Waals surface area contributed by atoms with Gasteiger partial charge in [-0.2, -0.15) is 0 Å². The number of aromatic amines is 2. The number of carboxylic acids is 2. The smallest absolute Gasteiger partial charge is 0.870 e. The largest absolute Gasteiger partial charge is 1.00 e. The molecule has 0 atom stereocenters. The molecule has 29 nitrogen and oxygen atoms in total. The zero-order valence-corrected chi connectivity index (χ0v) is 81.2. The number of amides is 4. The van der Waals surface area contributed by atoms with E-state index in [9.17, 15) is 48.6 Å². The van der Waals surface area contributed by atoms with E-state index in [4.69, 9.17) is 29.4 Å². The standard InChI is InChI=1S/C36H45N5O5.2C28H35N3O4.C8H12N2O2.ClH.Na.H2O/c1-6-41(26-9-13-40(4)14-10-26)31-20-25(24-7-8-29-30(19-24)39-35(44)36(29)11-15-46-16-12-36)18-27(23(31)3)33(42)37-21-28-32(45-5)17-22(2)38-34(28)43;2*1-4-31(21-7-11-30(3)12-8-21)25-17-20(15-22(18(25)2)26(32)33)19-5-6-23-24(16-19)29-27(34)28(23)9-13-35-14-10-28;1-5-3-7(12-2)6(4-9)8(11)10-5;;;/h7-8,17-20,26H,6,9-16,21H2,1-5H3,(H,37,42)(H,38,43)(H,39,44);2*5-6,15-17,21H,4,7-14H2,1-3H3,(H,29,34)(H,32,33);3H,4,9H2,1-2H3,(H,10,11);1H;;1H2/q;;;;;+1;/p-1. The van der Waals surface area contributed by atoms with Crippen LogP contribution in [0, 0.1) is 34.6 Å². The average molecular weight is 1830 g/mol. The Morgan fingerprint density at radius 2 is 0.740 bits per heavy atom. The Labute approximate surface area is 796 Å². The number of nitrogens with one attached hydrogen (secondary N) is 6. The third kappa shape index (κ3) is 21.0. The van der Waals surface area contributed by atoms with Gasteiger partial charge in [-0.05, 0) is 326 Å². The zero-order chi connectivity index (χ0) is 91.2. The summed E-state index contributed by atoms with van der Waals surface area (Å²) in [6.07, 6.45) is 10.4. The van der Waals surface area contributed by atoms with E-state index in [0.717, 1.165) is 204 Å². The number of hydrogen-bond donors (Lipinski definition) is 9. The predicted octanol–water partition coefficient (Wildman–Crippen LogP) is 10.5. The molecule has 8 aromatic rings. The molecule has 11 N–H and O–H groups in total. The third-order valence-corrected chi connectivity index (χ3v) is 28.4. The number of benzene rings is 6. The summed E-state index contributed by atoms with van der Waals surface area (Å²) in [4.78, 5) is 121. The minimum atomic E-state index is -0.916. The van der Waals surface area contributed by atoms with Crippen molar-refractivity contribution >= 4 is 82.1 Å². The molecule has 9 aliphatic heterocycles. The number of fused-ring (bicyclic) bond motifs is 6. The number of anilines is 6. The van der Waals surface area contributed by atoms with Gasteiger partial charge >= 0.3 is 41.5 Å². The maximum atomic E-state index is 14.0. The maximum Gasteiger partial charge on any atom is 1.00 e. The molecule has 0 bridgehead atoms. The molecule has 17 rings (SSSR count). The van der Waals surface area contributed by atoms with Crippen molar-refractivity contribution in [1.82, 2.24) is 30.0 Å². The SMILES string of the molecule is CCN(c1cc(-c2ccc3c(c2)NC(=O)C32CCOCC2)cc(C(=O)NCc2c(OC)cc(C)[nH]c2=O)c1C)C1CCN(C)CC1.CCN(c1cc(-c2ccc3c(c2)NC(=O)C32CCOCC2)cc(C(=O)O)c1C)C1CCN(C)CC1.CCN(c1cc(-c2ccc3c(c2)NC(=O)C32CCOCC2)cc(C(=O)O)c1C)C1CCN(C)CC1.COc1cc(C)[nH]c(=O)c1CN.Cl.[Na+].[OH-]. The molecule has 698 valence electrons. The van der Waals surface area contributed by atoms with Crippen LogP contribution in [0.2, 0.25) is 0 Å². The first kappa shape index (κ1) is 102. The summed E-state index contributed by atoms with van der Waals surface area (Å²) in [6, 6.07) is 34.9. The minimum Gasteiger partial charge on any atom is -0.870 e. The molecule has 0 aliphatic carbocycles. The second-order valence-electron chi connectivity index (χ2n) is 35.8. The number of hydrogen-bond acceptors (Lipinski definition) is 21. The summed E-state index contributed by atoms with van der Waals surface area (Å²) in [6.45, 7) is 28.2. The first-order valence-electron chi connectivity index (χ1n) is 45.4. The van der Waals surface area contributed by atoms with Crippen LogP contribution in [0.15, 0.2) is 113 Å². The molecule has 6 aromatic carbocycles. The van der Waals surface area contributed by atoms with Gasteiger partial charge < -0.3 is 106 Å². The van der Waals surface area contributed by atoms with Crippen LogP contribution in [0.5, 0.6) is 11.5 Å². The number of ether oxygens (including phenoxy) is 5. The van der Waals surface area contributed by atoms with Gasteiger partial charge in [-0.3, -0.25) is 28.8 Å². The van der Waals surface area contributed by atoms with Crippen molar-refractivity contribution in [3.05, 3.63) is 196 Å². The van der Waals surface area contributed by atoms with Crippen molar-refractivity contribution in [2.24, 2.45) is 5.73 Å². The van der Waals surface area contributed by atoms with Crippen molar-refractivity contribution in [3.8, 4) is 44.9 Å². The first-order chi connectivity index (χ1) is 61.5. The number of piperidine rings is 3. The molecule has 4 amide bonds. The molecule has 31 heteroatoms. The number of halogens is 1. The maximum absolute atomic E-state index is 14.0. The fourth-order valence-electron chi connectivity index (χ4n) is 20.8. The van der Waals surface area contributed by atoms with E-state index in [0.29, 0.717) is 141 Å². The Balaban J connectivity index is 0.000000178. The van der Waals surface area contributed by atoms with Gasteiger partial charge in [0, 0.05) is 135 Å². The fourth-order valence-corrected chi connectivity index (χ4v) is 20.8. The van der Waals surface area contributed by atoms with Crippen LogP contribution < -0.4 is 91.9 Å². The summed E-state index contributed by atoms with van der Waals surface area (Å²) in [5.41, 5.74) is 23.3. The Morgan fingerprint density at radius 3 is 1.03 bits per heavy atom. The molecule has 0 saturated carbocycles. The molecule has 6 fully saturated rings. The van der Waals surface area contributed by atoms with Crippen molar-refractivity contribution in [3.63, 3.8) is 0 Å². The van der Waals surface area contributed by atoms with E-state index in [2.05, 4.69) is 133 Å². The number of carboxylic acid groups (broad SMARTS) is 2. The molecule has 11 heterocycles. The van der Waals surface area contributed by atoms with E-state index < -0.39 is 28.2 Å². The quantitative estimate of drug-likeness (QED) is 0.0320. The molecule has 2 aromatic heterocycles. The number of likely N-dealkylation sites (tertiary alicyclic amines) is 3. The number of aryl methyl sites for hydroxylation is 2. The van der Waals surface area contributed by atoms with Crippen LogP contribution >= 0.6 is 12.4 Å². The van der Waals surface area contributed by atoms with E-state index in [-0.39, 0.29) is 95.3 Å². The molecular formula is C100H129ClN13NaO16. The molecule has 0 radical (unpaired) electrons. The number of nitrogens with two attached hydrogens (primary N) is 1. The van der Waals surface area contributed by atoms with Gasteiger partial charge in [0.2, 0.25) is 17.7 Å². The molecule has 6 saturated heterocycles. The van der Waals surface area contributed by atoms with Gasteiger partial charge in [-0.1, -0.05) is 36.4 Å². The van der Waals surface area contributed by atoms with Crippen molar-refractivity contribution in [2.75, 3.05) is 165 Å². The Hall–Kier alpha value is -9.99. The zero-order valence-electron chi connectivity index (χ0n) is 78.4. The van der Waals surface area contributed by atoms with Crippen LogP contribution in [0.25, 0.3) is 33.4 Å². The first-order valence-corrected chi connectivity index (χ1v) is 45.4. The molecule has 3 spiro atoms. The number of methoxy groups -OCH3 is 2. The number of aromatic carboxylic acids is 2. The summed E-state index contributed by atoms with van der Waals surface area (Å²) in [7, 11) is 9.50. The van der Waals surface area contributed by atoms with Gasteiger partial charge in [0.25, 0.3) is 17.0 Å². The van der Waals surface area contributed by atoms with E-state index in [1.54, 1.807) is 38.1 Å². The number of nitrogens with zero attached hydrogens (tertiary/aromatic N) is 6. The van der Waals surface area contributed by atoms with Crippen molar-refractivity contribution in [1.29, 1.82) is 0 Å². The number of rotatable bonds is 20. The Kier molecular flexibility index (Phi) is 33.9. The van der Waals surface area contributed by atoms with Crippen LogP contribution in [0.1, 0.15) is 185 Å².